The lowest BCUT2D eigenvalue weighted by Gasteiger charge is -2.13. The highest BCUT2D eigenvalue weighted by molar-refractivity contribution is 5.89. The van der Waals surface area contributed by atoms with E-state index in [0.29, 0.717) is 0 Å². The van der Waals surface area contributed by atoms with Crippen molar-refractivity contribution in [2.75, 3.05) is 0 Å². The third kappa shape index (κ3) is 1.02. The van der Waals surface area contributed by atoms with E-state index in [2.05, 4.69) is 24.3 Å². The van der Waals surface area contributed by atoms with Gasteiger partial charge in [0.15, 0.2) is 0 Å². The van der Waals surface area contributed by atoms with Gasteiger partial charge < -0.3 is 4.74 Å². The van der Waals surface area contributed by atoms with E-state index in [0.717, 1.165) is 12.2 Å². The summed E-state index contributed by atoms with van der Waals surface area (Å²) in [6.07, 6.45) is 4.78. The van der Waals surface area contributed by atoms with Crippen LogP contribution < -0.4 is 4.74 Å². The summed E-state index contributed by atoms with van der Waals surface area (Å²) in [6.45, 7) is 0. The minimum atomic E-state index is 0.972. The van der Waals surface area contributed by atoms with Crippen LogP contribution in [0.4, 0.5) is 0 Å². The van der Waals surface area contributed by atoms with E-state index in [-0.39, 0.29) is 0 Å². The average molecular weight is 182 g/mol. The molecule has 0 spiro atoms. The van der Waals surface area contributed by atoms with Crippen LogP contribution in [-0.2, 0) is 6.42 Å². The molecule has 0 saturated carbocycles. The largest absolute Gasteiger partial charge is 0.464 e. The van der Waals surface area contributed by atoms with Crippen molar-refractivity contribution in [3.05, 3.63) is 54.3 Å². The lowest BCUT2D eigenvalue weighted by molar-refractivity contribution is 0.470. The van der Waals surface area contributed by atoms with Gasteiger partial charge in [0.25, 0.3) is 0 Å². The van der Waals surface area contributed by atoms with Crippen LogP contribution >= 0.6 is 0 Å². The van der Waals surface area contributed by atoms with Gasteiger partial charge >= 0.3 is 0 Å². The van der Waals surface area contributed by atoms with Gasteiger partial charge in [0.05, 0.1) is 6.26 Å². The van der Waals surface area contributed by atoms with Crippen molar-refractivity contribution in [3.63, 3.8) is 0 Å². The maximum Gasteiger partial charge on any atom is 0.137 e. The molecule has 0 bridgehead atoms. The van der Waals surface area contributed by atoms with Crippen molar-refractivity contribution >= 4 is 10.8 Å². The lowest BCUT2D eigenvalue weighted by Crippen LogP contribution is -1.96. The Morgan fingerprint density at radius 3 is 2.93 bits per heavy atom. The molecule has 0 atom stereocenters. The minimum absolute atomic E-state index is 0.972. The highest BCUT2D eigenvalue weighted by Gasteiger charge is 2.09. The van der Waals surface area contributed by atoms with Crippen LogP contribution in [0.25, 0.3) is 10.8 Å². The molecule has 1 aliphatic rings. The van der Waals surface area contributed by atoms with Crippen molar-refractivity contribution in [2.45, 2.75) is 6.42 Å². The quantitative estimate of drug-likeness (QED) is 0.607. The SMILES string of the molecule is C1=COc2c(ccc3ccccc23)C1. The van der Waals surface area contributed by atoms with E-state index in [1.54, 1.807) is 6.26 Å². The van der Waals surface area contributed by atoms with Gasteiger partial charge in [-0.05, 0) is 23.4 Å². The molecular formula is C13H10O. The summed E-state index contributed by atoms with van der Waals surface area (Å²) in [5.74, 6) is 1.02. The summed E-state index contributed by atoms with van der Waals surface area (Å²) in [5.41, 5.74) is 1.27. The summed E-state index contributed by atoms with van der Waals surface area (Å²) in [6, 6.07) is 12.6. The Morgan fingerprint density at radius 1 is 1.00 bits per heavy atom. The fourth-order valence-electron chi connectivity index (χ4n) is 1.88. The van der Waals surface area contributed by atoms with E-state index in [1.807, 2.05) is 18.2 Å². The van der Waals surface area contributed by atoms with Crippen LogP contribution in [0, 0.1) is 0 Å². The van der Waals surface area contributed by atoms with E-state index in [1.165, 1.54) is 16.3 Å². The Hall–Kier alpha value is -1.76. The van der Waals surface area contributed by atoms with E-state index in [9.17, 15) is 0 Å². The zero-order valence-electron chi connectivity index (χ0n) is 7.73. The van der Waals surface area contributed by atoms with E-state index < -0.39 is 0 Å². The topological polar surface area (TPSA) is 9.23 Å². The van der Waals surface area contributed by atoms with Gasteiger partial charge in [-0.3, -0.25) is 0 Å². The van der Waals surface area contributed by atoms with Gasteiger partial charge in [0.2, 0.25) is 0 Å². The third-order valence-electron chi connectivity index (χ3n) is 2.58. The first-order valence-corrected chi connectivity index (χ1v) is 4.77. The molecular weight excluding hydrogens is 172 g/mol. The van der Waals surface area contributed by atoms with E-state index in [4.69, 9.17) is 4.74 Å². The second-order valence-corrected chi connectivity index (χ2v) is 3.47. The molecule has 0 aromatic heterocycles. The summed E-state index contributed by atoms with van der Waals surface area (Å²) in [4.78, 5) is 0. The number of benzene rings is 2. The zero-order chi connectivity index (χ0) is 9.38. The highest BCUT2D eigenvalue weighted by atomic mass is 16.5. The molecule has 0 radical (unpaired) electrons. The molecule has 0 unspecified atom stereocenters. The average Bonchev–Trinajstić information content (AvgIpc) is 2.29. The monoisotopic (exact) mass is 182 g/mol. The molecule has 0 fully saturated rings. The van der Waals surface area contributed by atoms with Crippen molar-refractivity contribution in [3.8, 4) is 5.75 Å². The molecule has 0 aliphatic carbocycles. The van der Waals surface area contributed by atoms with Crippen LogP contribution in [-0.4, -0.2) is 0 Å². The first-order valence-electron chi connectivity index (χ1n) is 4.77. The Kier molecular flexibility index (Phi) is 1.57. The minimum Gasteiger partial charge on any atom is -0.464 e. The standard InChI is InChI=1S/C13H10O/c1-2-6-12-10(4-1)7-8-11-5-3-9-14-13(11)12/h1-4,6-9H,5H2. The molecule has 0 N–H and O–H groups in total. The van der Waals surface area contributed by atoms with Gasteiger partial charge in [-0.25, -0.2) is 0 Å². The third-order valence-corrected chi connectivity index (χ3v) is 2.58. The fourth-order valence-corrected chi connectivity index (χ4v) is 1.88. The Bertz CT molecular complexity index is 512. The number of hydrogen-bond donors (Lipinski definition) is 0. The van der Waals surface area contributed by atoms with Crippen LogP contribution in [0.2, 0.25) is 0 Å². The number of hydrogen-bond acceptors (Lipinski definition) is 1. The summed E-state index contributed by atoms with van der Waals surface area (Å²) in [5, 5.41) is 2.44. The lowest BCUT2D eigenvalue weighted by atomic mass is 10.0. The molecule has 3 rings (SSSR count). The van der Waals surface area contributed by atoms with Crippen molar-refractivity contribution in [1.82, 2.24) is 0 Å². The van der Waals surface area contributed by atoms with Gasteiger partial charge in [-0.1, -0.05) is 36.4 Å². The summed E-state index contributed by atoms with van der Waals surface area (Å²) >= 11 is 0. The molecule has 1 heteroatoms. The Labute approximate surface area is 82.6 Å². The molecule has 2 aromatic carbocycles. The van der Waals surface area contributed by atoms with Gasteiger partial charge in [-0.2, -0.15) is 0 Å². The second kappa shape index (κ2) is 2.88. The summed E-state index contributed by atoms with van der Waals surface area (Å²) in [7, 11) is 0. The summed E-state index contributed by atoms with van der Waals surface area (Å²) < 4.78 is 5.56. The molecule has 14 heavy (non-hydrogen) atoms. The number of fused-ring (bicyclic) bond motifs is 3. The first-order chi connectivity index (χ1) is 6.95. The molecule has 1 aliphatic heterocycles. The molecule has 0 saturated heterocycles. The van der Waals surface area contributed by atoms with Gasteiger partial charge in [0, 0.05) is 5.39 Å². The Balaban J connectivity index is 2.37. The van der Waals surface area contributed by atoms with Gasteiger partial charge in [-0.15, -0.1) is 0 Å². The molecule has 1 heterocycles. The highest BCUT2D eigenvalue weighted by Crippen LogP contribution is 2.32. The van der Waals surface area contributed by atoms with Crippen LogP contribution in [0.5, 0.6) is 5.75 Å². The van der Waals surface area contributed by atoms with Crippen molar-refractivity contribution in [1.29, 1.82) is 0 Å². The predicted molar refractivity (Wildman–Crippen MR) is 57.4 cm³/mol. The van der Waals surface area contributed by atoms with Crippen molar-refractivity contribution in [2.24, 2.45) is 0 Å². The molecule has 2 aromatic rings. The second-order valence-electron chi connectivity index (χ2n) is 3.47. The van der Waals surface area contributed by atoms with Crippen LogP contribution in [0.3, 0.4) is 0 Å². The molecule has 1 nitrogen and oxygen atoms in total. The van der Waals surface area contributed by atoms with Crippen molar-refractivity contribution < 1.29 is 4.74 Å². The maximum absolute atomic E-state index is 5.56. The van der Waals surface area contributed by atoms with Gasteiger partial charge in [0.1, 0.15) is 5.75 Å². The van der Waals surface area contributed by atoms with Crippen LogP contribution in [0.1, 0.15) is 5.56 Å². The van der Waals surface area contributed by atoms with E-state index >= 15 is 0 Å². The Morgan fingerprint density at radius 2 is 1.93 bits per heavy atom. The van der Waals surface area contributed by atoms with Crippen LogP contribution in [0.15, 0.2) is 48.7 Å². The number of allylic oxidation sites excluding steroid dienone is 1. The fraction of sp³-hybridized carbons (Fsp3) is 0.0769. The molecule has 0 amide bonds. The number of ether oxygens (including phenoxy) is 1. The predicted octanol–water partition coefficient (Wildman–Crippen LogP) is 3.29. The number of rotatable bonds is 0. The smallest absolute Gasteiger partial charge is 0.137 e. The maximum atomic E-state index is 5.56. The first kappa shape index (κ1) is 7.63. The zero-order valence-corrected chi connectivity index (χ0v) is 7.73. The molecule has 68 valence electrons. The normalized spacial score (nSPS) is 13.7.